The number of hydrogen-bond donors (Lipinski definition) is 2. The predicted molar refractivity (Wildman–Crippen MR) is 125 cm³/mol. The Kier molecular flexibility index (Phi) is 8.82. The number of likely N-dealkylation sites (tertiary alicyclic amines) is 2. The van der Waals surface area contributed by atoms with Gasteiger partial charge in [-0.2, -0.15) is 0 Å². The lowest BCUT2D eigenvalue weighted by Crippen LogP contribution is -2.50. The summed E-state index contributed by atoms with van der Waals surface area (Å²) in [4.78, 5) is 10.2. The van der Waals surface area contributed by atoms with E-state index in [1.54, 1.807) is 7.11 Å². The van der Waals surface area contributed by atoms with Gasteiger partial charge in [-0.25, -0.2) is 0 Å². The quantitative estimate of drug-likeness (QED) is 0.504. The van der Waals surface area contributed by atoms with Gasteiger partial charge in [0.05, 0.1) is 19.7 Å². The number of nitrogens with one attached hydrogen (secondary N) is 2. The minimum Gasteiger partial charge on any atom is -0.497 e. The lowest BCUT2D eigenvalue weighted by Gasteiger charge is -2.35. The second-order valence-corrected chi connectivity index (χ2v) is 8.80. The molecule has 3 rings (SSSR count). The van der Waals surface area contributed by atoms with Crippen molar-refractivity contribution in [3.05, 3.63) is 29.8 Å². The van der Waals surface area contributed by atoms with E-state index in [1.807, 2.05) is 0 Å². The van der Waals surface area contributed by atoms with E-state index in [9.17, 15) is 0 Å². The van der Waals surface area contributed by atoms with Gasteiger partial charge >= 0.3 is 0 Å². The van der Waals surface area contributed by atoms with Crippen LogP contribution in [0.15, 0.2) is 29.3 Å². The molecule has 2 fully saturated rings. The Bertz CT molecular complexity index is 646. The van der Waals surface area contributed by atoms with Gasteiger partial charge in [0.1, 0.15) is 5.75 Å². The van der Waals surface area contributed by atoms with Crippen LogP contribution < -0.4 is 15.4 Å². The second-order valence-electron chi connectivity index (χ2n) is 8.80. The van der Waals surface area contributed by atoms with Gasteiger partial charge < -0.3 is 20.3 Å². The van der Waals surface area contributed by atoms with Crippen LogP contribution in [-0.4, -0.2) is 74.2 Å². The molecule has 2 saturated heterocycles. The average Bonchev–Trinajstić information content (AvgIpc) is 3.29. The van der Waals surface area contributed by atoms with Crippen molar-refractivity contribution in [3.8, 4) is 5.75 Å². The molecule has 6 heteroatoms. The lowest BCUT2D eigenvalue weighted by atomic mass is 10.0. The molecule has 0 spiro atoms. The first-order valence-corrected chi connectivity index (χ1v) is 11.8. The molecule has 1 aromatic rings. The fourth-order valence-corrected chi connectivity index (χ4v) is 4.56. The molecule has 2 heterocycles. The van der Waals surface area contributed by atoms with Gasteiger partial charge in [0, 0.05) is 31.7 Å². The van der Waals surface area contributed by atoms with Gasteiger partial charge in [0.2, 0.25) is 0 Å². The second kappa shape index (κ2) is 11.6. The van der Waals surface area contributed by atoms with Crippen molar-refractivity contribution in [3.63, 3.8) is 0 Å². The van der Waals surface area contributed by atoms with Gasteiger partial charge in [-0.3, -0.25) is 9.89 Å². The van der Waals surface area contributed by atoms with Crippen LogP contribution in [0.4, 0.5) is 0 Å². The fourth-order valence-electron chi connectivity index (χ4n) is 4.56. The molecule has 0 bridgehead atoms. The van der Waals surface area contributed by atoms with E-state index in [2.05, 4.69) is 65.5 Å². The minimum atomic E-state index is 0.316. The van der Waals surface area contributed by atoms with E-state index in [-0.39, 0.29) is 0 Å². The number of benzene rings is 1. The van der Waals surface area contributed by atoms with E-state index in [4.69, 9.17) is 9.73 Å². The summed E-state index contributed by atoms with van der Waals surface area (Å²) in [7, 11) is 1.72. The smallest absolute Gasteiger partial charge is 0.191 e. The maximum Gasteiger partial charge on any atom is 0.191 e. The molecule has 0 radical (unpaired) electrons. The summed E-state index contributed by atoms with van der Waals surface area (Å²) in [5.74, 6) is 1.86. The van der Waals surface area contributed by atoms with Crippen LogP contribution in [0.3, 0.4) is 0 Å². The molecule has 0 aromatic heterocycles. The van der Waals surface area contributed by atoms with Gasteiger partial charge in [-0.1, -0.05) is 12.1 Å². The Hall–Kier alpha value is -1.79. The third-order valence-electron chi connectivity index (χ3n) is 6.45. The molecule has 2 N–H and O–H groups in total. The van der Waals surface area contributed by atoms with Gasteiger partial charge in [-0.05, 0) is 77.2 Å². The molecule has 1 aromatic carbocycles. The zero-order valence-electron chi connectivity index (χ0n) is 19.4. The molecular formula is C24H41N5O. The van der Waals surface area contributed by atoms with Crippen LogP contribution in [0.25, 0.3) is 0 Å². The standard InChI is InChI=1S/C24H41N5O/c1-5-25-24(27-21-12-16-28(17-13-21)19(2)3)26-18-23(29-14-6-7-15-29)20-8-10-22(30-4)11-9-20/h8-11,19,21,23H,5-7,12-18H2,1-4H3,(H2,25,26,27). The van der Waals surface area contributed by atoms with Crippen LogP contribution in [0.5, 0.6) is 5.75 Å². The molecule has 2 aliphatic rings. The third-order valence-corrected chi connectivity index (χ3v) is 6.45. The summed E-state index contributed by atoms with van der Waals surface area (Å²) >= 11 is 0. The molecule has 2 aliphatic heterocycles. The summed E-state index contributed by atoms with van der Waals surface area (Å²) in [6, 6.07) is 9.97. The number of hydrogen-bond acceptors (Lipinski definition) is 4. The highest BCUT2D eigenvalue weighted by Crippen LogP contribution is 2.27. The van der Waals surface area contributed by atoms with Crippen LogP contribution in [0, 0.1) is 0 Å². The number of rotatable bonds is 8. The molecule has 0 aliphatic carbocycles. The summed E-state index contributed by atoms with van der Waals surface area (Å²) in [5.41, 5.74) is 1.32. The Labute approximate surface area is 183 Å². The monoisotopic (exact) mass is 415 g/mol. The summed E-state index contributed by atoms with van der Waals surface area (Å²) in [6.07, 6.45) is 4.92. The maximum absolute atomic E-state index is 5.35. The molecule has 0 saturated carbocycles. The third kappa shape index (κ3) is 6.35. The van der Waals surface area contributed by atoms with Crippen LogP contribution >= 0.6 is 0 Å². The SMILES string of the molecule is CCNC(=NCC(c1ccc(OC)cc1)N1CCCC1)NC1CCN(C(C)C)CC1. The Morgan fingerprint density at radius 3 is 2.30 bits per heavy atom. The van der Waals surface area contributed by atoms with Crippen molar-refractivity contribution in [1.82, 2.24) is 20.4 Å². The van der Waals surface area contributed by atoms with E-state index in [1.165, 1.54) is 31.2 Å². The molecule has 1 unspecified atom stereocenters. The van der Waals surface area contributed by atoms with E-state index in [0.29, 0.717) is 18.1 Å². The molecule has 30 heavy (non-hydrogen) atoms. The lowest BCUT2D eigenvalue weighted by molar-refractivity contribution is 0.167. The van der Waals surface area contributed by atoms with E-state index < -0.39 is 0 Å². The van der Waals surface area contributed by atoms with E-state index in [0.717, 1.165) is 51.0 Å². The predicted octanol–water partition coefficient (Wildman–Crippen LogP) is 3.26. The molecular weight excluding hydrogens is 374 g/mol. The highest BCUT2D eigenvalue weighted by Gasteiger charge is 2.24. The Morgan fingerprint density at radius 2 is 1.73 bits per heavy atom. The molecule has 168 valence electrons. The number of guanidine groups is 1. The van der Waals surface area contributed by atoms with Crippen molar-refractivity contribution in [2.45, 2.75) is 64.6 Å². The molecule has 0 amide bonds. The van der Waals surface area contributed by atoms with Crippen molar-refractivity contribution in [1.29, 1.82) is 0 Å². The number of aliphatic imine (C=N–C) groups is 1. The Morgan fingerprint density at radius 1 is 1.07 bits per heavy atom. The van der Waals surface area contributed by atoms with Gasteiger partial charge in [0.15, 0.2) is 5.96 Å². The number of nitrogens with zero attached hydrogens (tertiary/aromatic N) is 3. The maximum atomic E-state index is 5.35. The van der Waals surface area contributed by atoms with Gasteiger partial charge in [-0.15, -0.1) is 0 Å². The zero-order chi connectivity index (χ0) is 21.3. The highest BCUT2D eigenvalue weighted by molar-refractivity contribution is 5.80. The number of piperidine rings is 1. The number of ether oxygens (including phenoxy) is 1. The van der Waals surface area contributed by atoms with Gasteiger partial charge in [0.25, 0.3) is 0 Å². The average molecular weight is 416 g/mol. The van der Waals surface area contributed by atoms with Crippen LogP contribution in [0.1, 0.15) is 58.1 Å². The minimum absolute atomic E-state index is 0.316. The Balaban J connectivity index is 1.66. The number of methoxy groups -OCH3 is 1. The fraction of sp³-hybridized carbons (Fsp3) is 0.708. The van der Waals surface area contributed by atoms with Crippen molar-refractivity contribution < 1.29 is 4.74 Å². The van der Waals surface area contributed by atoms with E-state index >= 15 is 0 Å². The summed E-state index contributed by atoms with van der Waals surface area (Å²) < 4.78 is 5.35. The summed E-state index contributed by atoms with van der Waals surface area (Å²) in [6.45, 7) is 13.0. The first kappa shape index (κ1) is 22.9. The molecule has 6 nitrogen and oxygen atoms in total. The van der Waals surface area contributed by atoms with Crippen molar-refractivity contribution in [2.75, 3.05) is 46.4 Å². The molecule has 1 atom stereocenters. The van der Waals surface area contributed by atoms with Crippen molar-refractivity contribution >= 4 is 5.96 Å². The highest BCUT2D eigenvalue weighted by atomic mass is 16.5. The zero-order valence-corrected chi connectivity index (χ0v) is 19.4. The normalized spacial score (nSPS) is 20.5. The first-order valence-electron chi connectivity index (χ1n) is 11.8. The van der Waals surface area contributed by atoms with Crippen molar-refractivity contribution in [2.24, 2.45) is 4.99 Å². The topological polar surface area (TPSA) is 52.1 Å². The van der Waals surface area contributed by atoms with Crippen LogP contribution in [0.2, 0.25) is 0 Å². The summed E-state index contributed by atoms with van der Waals surface area (Å²) in [5, 5.41) is 7.17. The first-order chi connectivity index (χ1) is 14.6. The largest absolute Gasteiger partial charge is 0.497 e. The van der Waals surface area contributed by atoms with Crippen LogP contribution in [-0.2, 0) is 0 Å².